The Bertz CT molecular complexity index is 1090. The third-order valence-corrected chi connectivity index (χ3v) is 5.52. The van der Waals surface area contributed by atoms with Crippen molar-refractivity contribution in [3.8, 4) is 11.5 Å². The van der Waals surface area contributed by atoms with Gasteiger partial charge in [-0.2, -0.15) is 0 Å². The Morgan fingerprint density at radius 3 is 2.11 bits per heavy atom. The summed E-state index contributed by atoms with van der Waals surface area (Å²) in [5.41, 5.74) is 0.838. The molecule has 0 saturated carbocycles. The number of benzene rings is 3. The average molecular weight is 384 g/mol. The van der Waals surface area contributed by atoms with E-state index in [2.05, 4.69) is 0 Å². The van der Waals surface area contributed by atoms with Gasteiger partial charge in [0.05, 0.1) is 17.9 Å². The molecule has 0 heterocycles. The molecule has 0 unspecified atom stereocenters. The maximum absolute atomic E-state index is 12.5. The highest BCUT2D eigenvalue weighted by Gasteiger charge is 2.18. The Morgan fingerprint density at radius 2 is 1.48 bits per heavy atom. The number of carbonyl (C=O) groups is 1. The molecule has 5 nitrogen and oxygen atoms in total. The van der Waals surface area contributed by atoms with Crippen molar-refractivity contribution < 1.29 is 22.7 Å². The first-order valence-corrected chi connectivity index (χ1v) is 10.3. The van der Waals surface area contributed by atoms with E-state index >= 15 is 0 Å². The monoisotopic (exact) mass is 384 g/mol. The molecule has 0 radical (unpaired) electrons. The van der Waals surface area contributed by atoms with Crippen molar-refractivity contribution in [2.75, 3.05) is 13.4 Å². The number of esters is 1. The van der Waals surface area contributed by atoms with Gasteiger partial charge in [-0.3, -0.25) is 4.79 Å². The first-order valence-electron chi connectivity index (χ1n) is 8.37. The molecular formula is C21H20O5S. The van der Waals surface area contributed by atoms with Gasteiger partial charge in [0, 0.05) is 6.26 Å². The van der Waals surface area contributed by atoms with E-state index in [0.717, 1.165) is 28.3 Å². The van der Waals surface area contributed by atoms with E-state index in [-0.39, 0.29) is 4.90 Å². The second kappa shape index (κ2) is 7.40. The van der Waals surface area contributed by atoms with Crippen LogP contribution in [0.25, 0.3) is 10.8 Å². The molecule has 140 valence electrons. The van der Waals surface area contributed by atoms with Crippen LogP contribution in [0.1, 0.15) is 18.4 Å². The topological polar surface area (TPSA) is 69.7 Å². The highest BCUT2D eigenvalue weighted by molar-refractivity contribution is 7.90. The summed E-state index contributed by atoms with van der Waals surface area (Å²) in [5, 5.41) is 2.03. The van der Waals surface area contributed by atoms with E-state index in [0.29, 0.717) is 5.75 Å². The van der Waals surface area contributed by atoms with Crippen molar-refractivity contribution in [3.05, 3.63) is 66.2 Å². The third-order valence-electron chi connectivity index (χ3n) is 4.40. The fourth-order valence-electron chi connectivity index (χ4n) is 2.73. The summed E-state index contributed by atoms with van der Waals surface area (Å²) in [4.78, 5) is 12.7. The Labute approximate surface area is 158 Å². The van der Waals surface area contributed by atoms with Crippen molar-refractivity contribution in [2.24, 2.45) is 0 Å². The number of hydrogen-bond acceptors (Lipinski definition) is 5. The van der Waals surface area contributed by atoms with Gasteiger partial charge in [-0.15, -0.1) is 0 Å². The predicted octanol–water partition coefficient (Wildman–Crippen LogP) is 3.96. The minimum atomic E-state index is -3.28. The minimum Gasteiger partial charge on any atom is -0.497 e. The molecule has 0 aliphatic rings. The lowest BCUT2D eigenvalue weighted by Crippen LogP contribution is -2.16. The van der Waals surface area contributed by atoms with E-state index in [1.165, 1.54) is 24.3 Å². The number of carbonyl (C=O) groups excluding carboxylic acids is 1. The molecule has 0 aromatic heterocycles. The van der Waals surface area contributed by atoms with Gasteiger partial charge in [-0.05, 0) is 59.7 Å². The van der Waals surface area contributed by atoms with E-state index in [1.807, 2.05) is 36.4 Å². The van der Waals surface area contributed by atoms with Gasteiger partial charge < -0.3 is 9.47 Å². The highest BCUT2D eigenvalue weighted by Crippen LogP contribution is 2.26. The smallest absolute Gasteiger partial charge is 0.318 e. The standard InChI is InChI=1S/C21H20O5S/c1-14(15-4-5-17-13-19(25-2)7-6-16(17)12-15)21(22)26-18-8-10-20(11-9-18)27(3,23)24/h4-14H,1-3H3/t14-/m1/s1. The molecule has 3 aromatic carbocycles. The van der Waals surface area contributed by atoms with Crippen LogP contribution >= 0.6 is 0 Å². The van der Waals surface area contributed by atoms with Gasteiger partial charge in [-0.1, -0.05) is 24.3 Å². The molecule has 3 rings (SSSR count). The van der Waals surface area contributed by atoms with Crippen molar-refractivity contribution in [1.29, 1.82) is 0 Å². The molecule has 1 atom stereocenters. The molecule has 0 aliphatic carbocycles. The lowest BCUT2D eigenvalue weighted by atomic mass is 9.98. The van der Waals surface area contributed by atoms with E-state index in [9.17, 15) is 13.2 Å². The zero-order valence-corrected chi connectivity index (χ0v) is 16.1. The van der Waals surface area contributed by atoms with Crippen LogP contribution < -0.4 is 9.47 Å². The van der Waals surface area contributed by atoms with E-state index in [4.69, 9.17) is 9.47 Å². The zero-order valence-electron chi connectivity index (χ0n) is 15.3. The summed E-state index contributed by atoms with van der Waals surface area (Å²) in [6.07, 6.45) is 1.13. The summed E-state index contributed by atoms with van der Waals surface area (Å²) >= 11 is 0. The number of ether oxygens (including phenoxy) is 2. The molecule has 0 N–H and O–H groups in total. The number of methoxy groups -OCH3 is 1. The fraction of sp³-hybridized carbons (Fsp3) is 0.190. The first-order chi connectivity index (χ1) is 12.8. The van der Waals surface area contributed by atoms with Crippen LogP contribution in [-0.2, 0) is 14.6 Å². The van der Waals surface area contributed by atoms with Crippen molar-refractivity contribution in [2.45, 2.75) is 17.7 Å². The maximum Gasteiger partial charge on any atom is 0.318 e. The van der Waals surface area contributed by atoms with Crippen LogP contribution in [0.2, 0.25) is 0 Å². The van der Waals surface area contributed by atoms with Gasteiger partial charge in [0.1, 0.15) is 11.5 Å². The number of rotatable bonds is 5. The van der Waals surface area contributed by atoms with Crippen LogP contribution in [0.5, 0.6) is 11.5 Å². The quantitative estimate of drug-likeness (QED) is 0.492. The van der Waals surface area contributed by atoms with E-state index < -0.39 is 21.7 Å². The second-order valence-electron chi connectivity index (χ2n) is 6.36. The van der Waals surface area contributed by atoms with Crippen LogP contribution in [0, 0.1) is 0 Å². The SMILES string of the molecule is COc1ccc2cc([C@@H](C)C(=O)Oc3ccc(S(C)(=O)=O)cc3)ccc2c1. The maximum atomic E-state index is 12.5. The van der Waals surface area contributed by atoms with Gasteiger partial charge in [-0.25, -0.2) is 8.42 Å². The highest BCUT2D eigenvalue weighted by atomic mass is 32.2. The number of sulfone groups is 1. The summed E-state index contributed by atoms with van der Waals surface area (Å²) in [5.74, 6) is 0.214. The lowest BCUT2D eigenvalue weighted by molar-refractivity contribution is -0.135. The second-order valence-corrected chi connectivity index (χ2v) is 8.37. The van der Waals surface area contributed by atoms with Crippen LogP contribution in [-0.4, -0.2) is 27.8 Å². The predicted molar refractivity (Wildman–Crippen MR) is 104 cm³/mol. The molecule has 0 bridgehead atoms. The molecular weight excluding hydrogens is 364 g/mol. The minimum absolute atomic E-state index is 0.181. The zero-order chi connectivity index (χ0) is 19.6. The molecule has 6 heteroatoms. The van der Waals surface area contributed by atoms with Crippen molar-refractivity contribution >= 4 is 26.6 Å². The molecule has 0 amide bonds. The van der Waals surface area contributed by atoms with Gasteiger partial charge in [0.25, 0.3) is 0 Å². The molecule has 0 spiro atoms. The summed E-state index contributed by atoms with van der Waals surface area (Å²) < 4.78 is 33.6. The Morgan fingerprint density at radius 1 is 0.889 bits per heavy atom. The Kier molecular flexibility index (Phi) is 5.19. The normalized spacial score (nSPS) is 12.6. The molecule has 0 aliphatic heterocycles. The Balaban J connectivity index is 1.77. The summed E-state index contributed by atoms with van der Waals surface area (Å²) in [7, 11) is -1.66. The Hall–Kier alpha value is -2.86. The number of hydrogen-bond donors (Lipinski definition) is 0. The van der Waals surface area contributed by atoms with E-state index in [1.54, 1.807) is 14.0 Å². The molecule has 0 fully saturated rings. The third kappa shape index (κ3) is 4.28. The van der Waals surface area contributed by atoms with Gasteiger partial charge in [0.2, 0.25) is 0 Å². The molecule has 27 heavy (non-hydrogen) atoms. The van der Waals surface area contributed by atoms with Gasteiger partial charge in [0.15, 0.2) is 9.84 Å². The van der Waals surface area contributed by atoms with Crippen molar-refractivity contribution in [3.63, 3.8) is 0 Å². The van der Waals surface area contributed by atoms with Crippen LogP contribution in [0.15, 0.2) is 65.6 Å². The first kappa shape index (κ1) is 18.9. The summed E-state index contributed by atoms with van der Waals surface area (Å²) in [6.45, 7) is 1.78. The van der Waals surface area contributed by atoms with Gasteiger partial charge >= 0.3 is 5.97 Å². The molecule has 3 aromatic rings. The lowest BCUT2D eigenvalue weighted by Gasteiger charge is -2.13. The van der Waals surface area contributed by atoms with Crippen LogP contribution in [0.4, 0.5) is 0 Å². The average Bonchev–Trinajstić information content (AvgIpc) is 2.66. The summed E-state index contributed by atoms with van der Waals surface area (Å²) in [6, 6.07) is 17.3. The van der Waals surface area contributed by atoms with Crippen molar-refractivity contribution in [1.82, 2.24) is 0 Å². The largest absolute Gasteiger partial charge is 0.497 e. The number of fused-ring (bicyclic) bond motifs is 1. The fourth-order valence-corrected chi connectivity index (χ4v) is 3.36. The van der Waals surface area contributed by atoms with Crippen LogP contribution in [0.3, 0.4) is 0 Å². The molecule has 0 saturated heterocycles.